The van der Waals surface area contributed by atoms with Crippen molar-refractivity contribution in [3.63, 3.8) is 0 Å². The molecule has 0 aliphatic carbocycles. The van der Waals surface area contributed by atoms with Crippen molar-refractivity contribution in [1.29, 1.82) is 0 Å². The lowest BCUT2D eigenvalue weighted by Crippen LogP contribution is -1.92. The fraction of sp³-hybridized carbons (Fsp3) is 0.636. The first-order valence-electron chi connectivity index (χ1n) is 9.89. The number of aryl methyl sites for hydroxylation is 1. The molecule has 0 saturated heterocycles. The number of halogens is 1. The van der Waals surface area contributed by atoms with Crippen LogP contribution < -0.4 is 4.74 Å². The maximum atomic E-state index is 9.75. The molecule has 1 aromatic carbocycles. The Labute approximate surface area is 162 Å². The summed E-state index contributed by atoms with van der Waals surface area (Å²) < 4.78 is 6.25. The van der Waals surface area contributed by atoms with E-state index in [1.807, 2.05) is 6.07 Å². The van der Waals surface area contributed by atoms with Crippen LogP contribution in [-0.2, 0) is 6.42 Å². The lowest BCUT2D eigenvalue weighted by Gasteiger charge is -2.10. The van der Waals surface area contributed by atoms with E-state index in [0.29, 0.717) is 5.75 Å². The third-order valence-corrected chi connectivity index (χ3v) is 5.43. The number of benzene rings is 1. The van der Waals surface area contributed by atoms with Crippen molar-refractivity contribution in [2.24, 2.45) is 0 Å². The van der Waals surface area contributed by atoms with Crippen LogP contribution in [0.2, 0.25) is 0 Å². The topological polar surface area (TPSA) is 29.5 Å². The van der Waals surface area contributed by atoms with E-state index < -0.39 is 0 Å². The predicted octanol–water partition coefficient (Wildman–Crippen LogP) is 7.57. The van der Waals surface area contributed by atoms with E-state index >= 15 is 0 Å². The molecule has 0 fully saturated rings. The Hall–Kier alpha value is -0.960. The predicted molar refractivity (Wildman–Crippen MR) is 112 cm³/mol. The molecule has 0 aliphatic rings. The van der Waals surface area contributed by atoms with Crippen LogP contribution >= 0.6 is 15.9 Å². The Morgan fingerprint density at radius 3 is 2.16 bits per heavy atom. The van der Waals surface area contributed by atoms with E-state index in [0.717, 1.165) is 22.9 Å². The van der Waals surface area contributed by atoms with Crippen LogP contribution in [0.3, 0.4) is 0 Å². The average molecular weight is 411 g/mol. The number of unbranched alkanes of at least 4 members (excludes halogenated alkanes) is 9. The highest BCUT2D eigenvalue weighted by Gasteiger charge is 2.08. The van der Waals surface area contributed by atoms with Gasteiger partial charge in [0.05, 0.1) is 11.6 Å². The molecular formula is C22H35BrO2. The Kier molecular flexibility index (Phi) is 12.6. The number of hydrogen-bond donors (Lipinski definition) is 1. The van der Waals surface area contributed by atoms with Gasteiger partial charge in [0.15, 0.2) is 0 Å². The number of methoxy groups -OCH3 is 1. The van der Waals surface area contributed by atoms with Gasteiger partial charge < -0.3 is 9.84 Å². The highest BCUT2D eigenvalue weighted by Crippen LogP contribution is 2.33. The minimum absolute atomic E-state index is 0.277. The smallest absolute Gasteiger partial charge is 0.137 e. The highest BCUT2D eigenvalue weighted by atomic mass is 79.9. The van der Waals surface area contributed by atoms with E-state index in [2.05, 4.69) is 35.0 Å². The lowest BCUT2D eigenvalue weighted by atomic mass is 10.0. The molecule has 0 unspecified atom stereocenters. The van der Waals surface area contributed by atoms with Gasteiger partial charge in [0.25, 0.3) is 0 Å². The molecule has 1 rings (SSSR count). The van der Waals surface area contributed by atoms with Crippen LogP contribution in [0.15, 0.2) is 28.8 Å². The number of allylic oxidation sites excluding steroid dienone is 2. The molecule has 0 spiro atoms. The van der Waals surface area contributed by atoms with E-state index in [4.69, 9.17) is 4.74 Å². The molecule has 0 aromatic heterocycles. The summed E-state index contributed by atoms with van der Waals surface area (Å²) in [4.78, 5) is 0. The second-order valence-corrected chi connectivity index (χ2v) is 7.54. The number of phenols is 1. The third-order valence-electron chi connectivity index (χ3n) is 4.53. The zero-order chi connectivity index (χ0) is 18.3. The molecule has 25 heavy (non-hydrogen) atoms. The third kappa shape index (κ3) is 9.94. The first-order valence-corrected chi connectivity index (χ1v) is 10.7. The van der Waals surface area contributed by atoms with Gasteiger partial charge in [-0.25, -0.2) is 0 Å². The van der Waals surface area contributed by atoms with Gasteiger partial charge in [0, 0.05) is 6.07 Å². The van der Waals surface area contributed by atoms with Crippen molar-refractivity contribution in [3.05, 3.63) is 34.3 Å². The van der Waals surface area contributed by atoms with Crippen LogP contribution in [0.1, 0.15) is 83.1 Å². The second-order valence-electron chi connectivity index (χ2n) is 6.75. The first kappa shape index (κ1) is 22.1. The summed E-state index contributed by atoms with van der Waals surface area (Å²) in [6.45, 7) is 2.24. The normalized spacial score (nSPS) is 11.3. The van der Waals surface area contributed by atoms with Gasteiger partial charge in [0.2, 0.25) is 0 Å². The number of phenolic OH excluding ortho intramolecular Hbond substituents is 1. The number of hydrogen-bond acceptors (Lipinski definition) is 2. The summed E-state index contributed by atoms with van der Waals surface area (Å²) in [5.74, 6) is 0.984. The molecule has 2 nitrogen and oxygen atoms in total. The molecule has 0 saturated carbocycles. The molecule has 1 N–H and O–H groups in total. The highest BCUT2D eigenvalue weighted by molar-refractivity contribution is 9.10. The average Bonchev–Trinajstić information content (AvgIpc) is 2.61. The summed E-state index contributed by atoms with van der Waals surface area (Å²) in [7, 11) is 1.63. The molecule has 0 atom stereocenters. The van der Waals surface area contributed by atoms with Gasteiger partial charge in [-0.15, -0.1) is 0 Å². The summed E-state index contributed by atoms with van der Waals surface area (Å²) in [6, 6.07) is 3.48. The molecule has 0 bridgehead atoms. The molecular weight excluding hydrogens is 376 g/mol. The Bertz CT molecular complexity index is 497. The summed E-state index contributed by atoms with van der Waals surface area (Å²) >= 11 is 3.57. The standard InChI is InChI=1S/C22H35BrO2/c1-3-4-5-6-7-8-9-10-11-12-13-14-15-16-19-17-20(24)18-21(25-2)22(19)23/h6-7,17-18,24H,3-5,8-16H2,1-2H3/b7-6+. The van der Waals surface area contributed by atoms with Gasteiger partial charge in [-0.1, -0.05) is 64.0 Å². The largest absolute Gasteiger partial charge is 0.508 e. The number of ether oxygens (including phenoxy) is 1. The molecule has 3 heteroatoms. The fourth-order valence-corrected chi connectivity index (χ4v) is 3.58. The minimum atomic E-state index is 0.277. The Morgan fingerprint density at radius 1 is 0.920 bits per heavy atom. The number of rotatable bonds is 14. The second kappa shape index (κ2) is 14.2. The van der Waals surface area contributed by atoms with Crippen LogP contribution in [0.5, 0.6) is 11.5 Å². The van der Waals surface area contributed by atoms with Crippen LogP contribution in [0, 0.1) is 0 Å². The quantitative estimate of drug-likeness (QED) is 0.253. The van der Waals surface area contributed by atoms with E-state index in [1.54, 1.807) is 13.2 Å². The number of aromatic hydroxyl groups is 1. The minimum Gasteiger partial charge on any atom is -0.508 e. The maximum Gasteiger partial charge on any atom is 0.137 e. The van der Waals surface area contributed by atoms with Crippen LogP contribution in [0.4, 0.5) is 0 Å². The molecule has 1 aromatic rings. The summed E-state index contributed by atoms with van der Waals surface area (Å²) in [5.41, 5.74) is 1.13. The van der Waals surface area contributed by atoms with Crippen LogP contribution in [-0.4, -0.2) is 12.2 Å². The molecule has 0 aliphatic heterocycles. The van der Waals surface area contributed by atoms with Crippen molar-refractivity contribution < 1.29 is 9.84 Å². The Balaban J connectivity index is 2.04. The van der Waals surface area contributed by atoms with Crippen molar-refractivity contribution in [2.45, 2.75) is 84.0 Å². The van der Waals surface area contributed by atoms with E-state index in [1.165, 1.54) is 64.2 Å². The first-order chi connectivity index (χ1) is 12.2. The van der Waals surface area contributed by atoms with Gasteiger partial charge in [-0.3, -0.25) is 0 Å². The maximum absolute atomic E-state index is 9.75. The van der Waals surface area contributed by atoms with Crippen LogP contribution in [0.25, 0.3) is 0 Å². The van der Waals surface area contributed by atoms with Crippen molar-refractivity contribution >= 4 is 15.9 Å². The lowest BCUT2D eigenvalue weighted by molar-refractivity contribution is 0.404. The molecule has 142 valence electrons. The zero-order valence-electron chi connectivity index (χ0n) is 16.0. The van der Waals surface area contributed by atoms with Gasteiger partial charge >= 0.3 is 0 Å². The SMILES string of the molecule is CCCC/C=C/CCCCCCCCCc1cc(O)cc(OC)c1Br. The van der Waals surface area contributed by atoms with Gasteiger partial charge in [-0.2, -0.15) is 0 Å². The van der Waals surface area contributed by atoms with E-state index in [-0.39, 0.29) is 5.75 Å². The molecule has 0 radical (unpaired) electrons. The summed E-state index contributed by atoms with van der Waals surface area (Å²) in [5, 5.41) is 9.75. The fourth-order valence-electron chi connectivity index (χ4n) is 2.99. The van der Waals surface area contributed by atoms with Crippen molar-refractivity contribution in [2.75, 3.05) is 7.11 Å². The van der Waals surface area contributed by atoms with Crippen molar-refractivity contribution in [3.8, 4) is 11.5 Å². The van der Waals surface area contributed by atoms with Gasteiger partial charge in [-0.05, 0) is 59.7 Å². The molecule has 0 heterocycles. The van der Waals surface area contributed by atoms with Gasteiger partial charge in [0.1, 0.15) is 11.5 Å². The summed E-state index contributed by atoms with van der Waals surface area (Å²) in [6.07, 6.45) is 19.9. The monoisotopic (exact) mass is 410 g/mol. The Morgan fingerprint density at radius 2 is 1.52 bits per heavy atom. The van der Waals surface area contributed by atoms with E-state index in [9.17, 15) is 5.11 Å². The molecule has 0 amide bonds. The van der Waals surface area contributed by atoms with Crippen molar-refractivity contribution in [1.82, 2.24) is 0 Å². The zero-order valence-corrected chi connectivity index (χ0v) is 17.6.